The summed E-state index contributed by atoms with van der Waals surface area (Å²) in [6.45, 7) is 0. The van der Waals surface area contributed by atoms with Crippen LogP contribution in [0.25, 0.3) is 11.3 Å². The smallest absolute Gasteiger partial charge is 0.261 e. The number of ether oxygens (including phenoxy) is 1. The Balaban J connectivity index is 1.75. The third-order valence-corrected chi connectivity index (χ3v) is 6.16. The van der Waals surface area contributed by atoms with Crippen LogP contribution >= 0.6 is 27.7 Å². The number of halogens is 1. The fourth-order valence-corrected chi connectivity index (χ4v) is 4.15. The first-order valence-electron chi connectivity index (χ1n) is 9.84. The van der Waals surface area contributed by atoms with Crippen LogP contribution in [0.4, 0.5) is 5.69 Å². The SMILES string of the molecule is CSc1nnc2c(n1)O[C@@H](c1ccc(Br)cc1)N(C(=O)c1ccccc1)c1ccccc1-2. The number of carbonyl (C=O) groups is 1. The Labute approximate surface area is 197 Å². The van der Waals surface area contributed by atoms with Crippen molar-refractivity contribution in [1.29, 1.82) is 0 Å². The van der Waals surface area contributed by atoms with E-state index in [1.165, 1.54) is 11.8 Å². The van der Waals surface area contributed by atoms with Crippen LogP contribution in [0.1, 0.15) is 22.1 Å². The summed E-state index contributed by atoms with van der Waals surface area (Å²) >= 11 is 4.86. The zero-order chi connectivity index (χ0) is 22.1. The highest BCUT2D eigenvalue weighted by Crippen LogP contribution is 2.43. The Bertz CT molecular complexity index is 1280. The molecule has 5 rings (SSSR count). The minimum atomic E-state index is -0.746. The fraction of sp³-hybridized carbons (Fsp3) is 0.0833. The standard InChI is InChI=1S/C24H17BrN4O2S/c1-32-24-26-21-20(27-28-24)18-9-5-6-10-19(18)29(22(30)15-7-3-2-4-8-15)23(31-21)16-11-13-17(25)14-12-16/h2-14,23H,1H3/t23-/m0/s1. The lowest BCUT2D eigenvalue weighted by Crippen LogP contribution is -2.37. The lowest BCUT2D eigenvalue weighted by Gasteiger charge is -2.31. The summed E-state index contributed by atoms with van der Waals surface area (Å²) in [6, 6.07) is 24.5. The van der Waals surface area contributed by atoms with Gasteiger partial charge in [-0.3, -0.25) is 9.69 Å². The second kappa shape index (κ2) is 8.72. The van der Waals surface area contributed by atoms with Crippen molar-refractivity contribution < 1.29 is 9.53 Å². The maximum atomic E-state index is 13.8. The summed E-state index contributed by atoms with van der Waals surface area (Å²) in [6.07, 6.45) is 1.13. The largest absolute Gasteiger partial charge is 0.447 e. The summed E-state index contributed by atoms with van der Waals surface area (Å²) in [4.78, 5) is 20.0. The second-order valence-corrected chi connectivity index (χ2v) is 8.72. The van der Waals surface area contributed by atoms with Gasteiger partial charge in [-0.05, 0) is 36.6 Å². The number of para-hydroxylation sites is 1. The van der Waals surface area contributed by atoms with Crippen molar-refractivity contribution in [3.05, 3.63) is 94.5 Å². The Morgan fingerprint density at radius 1 is 0.969 bits per heavy atom. The number of hydrogen-bond donors (Lipinski definition) is 0. The normalized spacial score (nSPS) is 14.7. The van der Waals surface area contributed by atoms with Crippen molar-refractivity contribution >= 4 is 39.3 Å². The van der Waals surface area contributed by atoms with E-state index in [4.69, 9.17) is 4.74 Å². The minimum absolute atomic E-state index is 0.183. The van der Waals surface area contributed by atoms with Crippen molar-refractivity contribution in [2.45, 2.75) is 11.4 Å². The molecular weight excluding hydrogens is 488 g/mol. The number of thioether (sulfide) groups is 1. The van der Waals surface area contributed by atoms with Gasteiger partial charge in [-0.25, -0.2) is 0 Å². The molecule has 8 heteroatoms. The quantitative estimate of drug-likeness (QED) is 0.330. The predicted octanol–water partition coefficient (Wildman–Crippen LogP) is 5.76. The van der Waals surface area contributed by atoms with E-state index >= 15 is 0 Å². The molecule has 0 fully saturated rings. The maximum absolute atomic E-state index is 13.8. The summed E-state index contributed by atoms with van der Waals surface area (Å²) in [7, 11) is 0. The first kappa shape index (κ1) is 20.7. The molecule has 0 N–H and O–H groups in total. The van der Waals surface area contributed by atoms with Gasteiger partial charge in [0, 0.05) is 21.2 Å². The summed E-state index contributed by atoms with van der Waals surface area (Å²) in [5.41, 5.74) is 3.29. The number of fused-ring (bicyclic) bond motifs is 3. The molecule has 1 aromatic heterocycles. The van der Waals surface area contributed by atoms with Crippen LogP contribution in [0.2, 0.25) is 0 Å². The van der Waals surface area contributed by atoms with Gasteiger partial charge >= 0.3 is 0 Å². The number of nitrogens with zero attached hydrogens (tertiary/aromatic N) is 4. The summed E-state index contributed by atoms with van der Waals surface area (Å²) in [5, 5.41) is 9.10. The monoisotopic (exact) mass is 504 g/mol. The summed E-state index contributed by atoms with van der Waals surface area (Å²) < 4.78 is 7.36. The van der Waals surface area contributed by atoms with Crippen LogP contribution in [0, 0.1) is 0 Å². The van der Waals surface area contributed by atoms with Crippen molar-refractivity contribution in [3.8, 4) is 17.1 Å². The number of anilines is 1. The highest BCUT2D eigenvalue weighted by atomic mass is 79.9. The van der Waals surface area contributed by atoms with E-state index in [2.05, 4.69) is 31.1 Å². The molecule has 3 aromatic carbocycles. The van der Waals surface area contributed by atoms with Gasteiger partial charge in [-0.15, -0.1) is 10.2 Å². The van der Waals surface area contributed by atoms with E-state index in [0.717, 1.165) is 15.6 Å². The molecule has 2 heterocycles. The molecule has 0 radical (unpaired) electrons. The lowest BCUT2D eigenvalue weighted by molar-refractivity contribution is 0.0909. The average molecular weight is 505 g/mol. The van der Waals surface area contributed by atoms with E-state index in [1.807, 2.05) is 73.0 Å². The molecule has 4 aromatic rings. The van der Waals surface area contributed by atoms with E-state index in [0.29, 0.717) is 28.0 Å². The van der Waals surface area contributed by atoms with Crippen LogP contribution in [0.3, 0.4) is 0 Å². The lowest BCUT2D eigenvalue weighted by atomic mass is 10.1. The van der Waals surface area contributed by atoms with Crippen molar-refractivity contribution in [3.63, 3.8) is 0 Å². The van der Waals surface area contributed by atoms with E-state index in [9.17, 15) is 4.79 Å². The number of amides is 1. The third-order valence-electron chi connectivity index (χ3n) is 5.09. The molecule has 1 aliphatic heterocycles. The van der Waals surface area contributed by atoms with Crippen LogP contribution in [-0.4, -0.2) is 27.3 Å². The van der Waals surface area contributed by atoms with Gasteiger partial charge < -0.3 is 4.74 Å². The Morgan fingerprint density at radius 2 is 1.69 bits per heavy atom. The molecule has 0 bridgehead atoms. The predicted molar refractivity (Wildman–Crippen MR) is 128 cm³/mol. The van der Waals surface area contributed by atoms with Crippen molar-refractivity contribution in [2.24, 2.45) is 0 Å². The van der Waals surface area contributed by atoms with Gasteiger partial charge in [0.05, 0.1) is 5.69 Å². The highest BCUT2D eigenvalue weighted by Gasteiger charge is 2.36. The first-order chi connectivity index (χ1) is 15.7. The highest BCUT2D eigenvalue weighted by molar-refractivity contribution is 9.10. The van der Waals surface area contributed by atoms with Crippen LogP contribution in [0.15, 0.2) is 88.5 Å². The van der Waals surface area contributed by atoms with E-state index in [-0.39, 0.29) is 5.91 Å². The molecule has 0 aliphatic carbocycles. The van der Waals surface area contributed by atoms with Gasteiger partial charge in [0.15, 0.2) is 5.69 Å². The number of rotatable bonds is 3. The zero-order valence-corrected chi connectivity index (χ0v) is 19.4. The molecule has 0 spiro atoms. The Hall–Kier alpha value is -3.23. The molecule has 0 saturated carbocycles. The second-order valence-electron chi connectivity index (χ2n) is 7.03. The molecular formula is C24H17BrN4O2S. The third kappa shape index (κ3) is 3.76. The fourth-order valence-electron chi connectivity index (χ4n) is 3.58. The number of aromatic nitrogens is 3. The van der Waals surface area contributed by atoms with Gasteiger partial charge in [0.1, 0.15) is 0 Å². The topological polar surface area (TPSA) is 68.2 Å². The van der Waals surface area contributed by atoms with Crippen LogP contribution < -0.4 is 9.64 Å². The van der Waals surface area contributed by atoms with Crippen LogP contribution in [0.5, 0.6) is 5.88 Å². The van der Waals surface area contributed by atoms with Crippen molar-refractivity contribution in [2.75, 3.05) is 11.2 Å². The Kier molecular flexibility index (Phi) is 5.63. The average Bonchev–Trinajstić information content (AvgIpc) is 2.99. The van der Waals surface area contributed by atoms with Crippen molar-refractivity contribution in [1.82, 2.24) is 15.2 Å². The van der Waals surface area contributed by atoms with Gasteiger partial charge in [0.25, 0.3) is 5.91 Å². The number of benzene rings is 3. The van der Waals surface area contributed by atoms with E-state index < -0.39 is 6.23 Å². The molecule has 0 saturated heterocycles. The number of hydrogen-bond acceptors (Lipinski definition) is 6. The molecule has 32 heavy (non-hydrogen) atoms. The van der Waals surface area contributed by atoms with Gasteiger partial charge in [0.2, 0.25) is 17.3 Å². The molecule has 0 unspecified atom stereocenters. The van der Waals surface area contributed by atoms with Gasteiger partial charge in [-0.2, -0.15) is 4.98 Å². The van der Waals surface area contributed by atoms with Crippen LogP contribution in [-0.2, 0) is 0 Å². The molecule has 1 amide bonds. The maximum Gasteiger partial charge on any atom is 0.261 e. The Morgan fingerprint density at radius 3 is 2.44 bits per heavy atom. The molecule has 1 aliphatic rings. The molecule has 6 nitrogen and oxygen atoms in total. The van der Waals surface area contributed by atoms with Gasteiger partial charge in [-0.1, -0.05) is 76.2 Å². The molecule has 1 atom stereocenters. The minimum Gasteiger partial charge on any atom is -0.447 e. The zero-order valence-electron chi connectivity index (χ0n) is 17.0. The van der Waals surface area contributed by atoms with E-state index in [1.54, 1.807) is 17.0 Å². The summed E-state index contributed by atoms with van der Waals surface area (Å²) in [5.74, 6) is 0.157. The first-order valence-corrected chi connectivity index (χ1v) is 11.9. The number of carbonyl (C=O) groups excluding carboxylic acids is 1. The molecule has 158 valence electrons.